The van der Waals surface area contributed by atoms with Gasteiger partial charge in [0.05, 0.1) is 17.8 Å². The van der Waals surface area contributed by atoms with Gasteiger partial charge in [-0.05, 0) is 45.4 Å². The van der Waals surface area contributed by atoms with Gasteiger partial charge in [0.25, 0.3) is 0 Å². The van der Waals surface area contributed by atoms with Gasteiger partial charge in [0.2, 0.25) is 0 Å². The Balaban J connectivity index is 1.66. The third-order valence-corrected chi connectivity index (χ3v) is 4.62. The second-order valence-corrected chi connectivity index (χ2v) is 6.64. The predicted molar refractivity (Wildman–Crippen MR) is 101 cm³/mol. The van der Waals surface area contributed by atoms with Gasteiger partial charge in [0, 0.05) is 23.6 Å². The minimum absolute atomic E-state index is 0.279. The van der Waals surface area contributed by atoms with Crippen LogP contribution in [0.4, 0.5) is 0 Å². The molecule has 0 aliphatic heterocycles. The Labute approximate surface area is 154 Å². The number of benzene rings is 1. The number of hydrogen-bond donors (Lipinski definition) is 0. The monoisotopic (exact) mass is 351 g/mol. The van der Waals surface area contributed by atoms with Crippen LogP contribution in [-0.4, -0.2) is 26.9 Å². The van der Waals surface area contributed by atoms with Crippen LogP contribution in [0.3, 0.4) is 0 Å². The molecule has 0 bridgehead atoms. The SMILES string of the molecule is Cc1cc(C)n(CCOC(=O)c2cc(C)n(Cc3ccccc3)c2C)n1. The molecule has 0 N–H and O–H groups in total. The van der Waals surface area contributed by atoms with E-state index in [1.54, 1.807) is 0 Å². The molecule has 26 heavy (non-hydrogen) atoms. The molecule has 0 radical (unpaired) electrons. The number of aromatic nitrogens is 3. The maximum absolute atomic E-state index is 12.5. The highest BCUT2D eigenvalue weighted by molar-refractivity contribution is 5.91. The Bertz CT molecular complexity index is 907. The summed E-state index contributed by atoms with van der Waals surface area (Å²) in [6, 6.07) is 14.2. The summed E-state index contributed by atoms with van der Waals surface area (Å²) < 4.78 is 9.49. The number of rotatable bonds is 6. The van der Waals surface area contributed by atoms with Crippen LogP contribution in [0.1, 0.15) is 38.7 Å². The van der Waals surface area contributed by atoms with Gasteiger partial charge in [0.1, 0.15) is 6.61 Å². The molecule has 2 heterocycles. The van der Waals surface area contributed by atoms with Gasteiger partial charge in [-0.1, -0.05) is 30.3 Å². The maximum atomic E-state index is 12.5. The average molecular weight is 351 g/mol. The number of hydrogen-bond acceptors (Lipinski definition) is 3. The Hall–Kier alpha value is -2.82. The van der Waals surface area contributed by atoms with Crippen molar-refractivity contribution in [3.63, 3.8) is 0 Å². The fraction of sp³-hybridized carbons (Fsp3) is 0.333. The lowest BCUT2D eigenvalue weighted by Gasteiger charge is -2.10. The van der Waals surface area contributed by atoms with E-state index in [1.807, 2.05) is 62.7 Å². The smallest absolute Gasteiger partial charge is 0.340 e. The van der Waals surface area contributed by atoms with Crippen LogP contribution in [0, 0.1) is 27.7 Å². The van der Waals surface area contributed by atoms with Crippen molar-refractivity contribution in [1.29, 1.82) is 0 Å². The van der Waals surface area contributed by atoms with Crippen molar-refractivity contribution in [3.05, 3.63) is 76.4 Å². The maximum Gasteiger partial charge on any atom is 0.340 e. The molecule has 1 aromatic carbocycles. The normalized spacial score (nSPS) is 10.9. The van der Waals surface area contributed by atoms with Gasteiger partial charge in [0.15, 0.2) is 0 Å². The zero-order chi connectivity index (χ0) is 18.7. The zero-order valence-corrected chi connectivity index (χ0v) is 15.8. The number of carbonyl (C=O) groups excluding carboxylic acids is 1. The van der Waals surface area contributed by atoms with Gasteiger partial charge >= 0.3 is 5.97 Å². The summed E-state index contributed by atoms with van der Waals surface area (Å²) >= 11 is 0. The van der Waals surface area contributed by atoms with Crippen LogP contribution in [0.15, 0.2) is 42.5 Å². The lowest BCUT2D eigenvalue weighted by atomic mass is 10.2. The van der Waals surface area contributed by atoms with Gasteiger partial charge < -0.3 is 9.30 Å². The molecular formula is C21H25N3O2. The molecule has 0 unspecified atom stereocenters. The molecule has 0 atom stereocenters. The summed E-state index contributed by atoms with van der Waals surface area (Å²) in [6.07, 6.45) is 0. The van der Waals surface area contributed by atoms with Crippen LogP contribution in [0.2, 0.25) is 0 Å². The standard InChI is InChI=1S/C21H25N3O2/c1-15-12-17(3)24(22-15)10-11-26-21(25)20-13-16(2)23(18(20)4)14-19-8-6-5-7-9-19/h5-9,12-13H,10-11,14H2,1-4H3. The molecule has 0 fully saturated rings. The van der Waals surface area contributed by atoms with Crippen molar-refractivity contribution >= 4 is 5.97 Å². The molecule has 5 heteroatoms. The minimum atomic E-state index is -0.279. The second kappa shape index (κ2) is 7.60. The molecule has 0 aliphatic rings. The van der Waals surface area contributed by atoms with Crippen molar-refractivity contribution in [2.45, 2.75) is 40.8 Å². The topological polar surface area (TPSA) is 49.0 Å². The Morgan fingerprint density at radius 3 is 2.42 bits per heavy atom. The average Bonchev–Trinajstić information content (AvgIpc) is 3.08. The third-order valence-electron chi connectivity index (χ3n) is 4.62. The lowest BCUT2D eigenvalue weighted by molar-refractivity contribution is 0.0486. The molecule has 136 valence electrons. The molecule has 5 nitrogen and oxygen atoms in total. The Morgan fingerprint density at radius 1 is 1.04 bits per heavy atom. The van der Waals surface area contributed by atoms with Gasteiger partial charge in [-0.3, -0.25) is 4.68 Å². The largest absolute Gasteiger partial charge is 0.460 e. The first-order valence-corrected chi connectivity index (χ1v) is 8.84. The van der Waals surface area contributed by atoms with E-state index < -0.39 is 0 Å². The van der Waals surface area contributed by atoms with E-state index in [9.17, 15) is 4.79 Å². The van der Waals surface area contributed by atoms with E-state index in [1.165, 1.54) is 5.56 Å². The van der Waals surface area contributed by atoms with Crippen molar-refractivity contribution < 1.29 is 9.53 Å². The van der Waals surface area contributed by atoms with Crippen molar-refractivity contribution in [1.82, 2.24) is 14.3 Å². The highest BCUT2D eigenvalue weighted by Crippen LogP contribution is 2.18. The molecular weight excluding hydrogens is 326 g/mol. The number of carbonyl (C=O) groups is 1. The van der Waals surface area contributed by atoms with Gasteiger partial charge in [-0.15, -0.1) is 0 Å². The van der Waals surface area contributed by atoms with Gasteiger partial charge in [-0.25, -0.2) is 4.79 Å². The highest BCUT2D eigenvalue weighted by atomic mass is 16.5. The van der Waals surface area contributed by atoms with Crippen molar-refractivity contribution in [2.24, 2.45) is 0 Å². The molecule has 3 rings (SSSR count). The summed E-state index contributed by atoms with van der Waals surface area (Å²) in [4.78, 5) is 12.5. The Morgan fingerprint density at radius 2 is 1.77 bits per heavy atom. The summed E-state index contributed by atoms with van der Waals surface area (Å²) in [5.74, 6) is -0.279. The third kappa shape index (κ3) is 3.87. The van der Waals surface area contributed by atoms with Crippen LogP contribution in [0.25, 0.3) is 0 Å². The van der Waals surface area contributed by atoms with E-state index >= 15 is 0 Å². The van der Waals surface area contributed by atoms with Crippen LogP contribution in [-0.2, 0) is 17.8 Å². The van der Waals surface area contributed by atoms with Crippen molar-refractivity contribution in [3.8, 4) is 0 Å². The molecule has 3 aromatic rings. The second-order valence-electron chi connectivity index (χ2n) is 6.64. The molecule has 2 aromatic heterocycles. The summed E-state index contributed by atoms with van der Waals surface area (Å²) in [6.45, 7) is 9.56. The lowest BCUT2D eigenvalue weighted by Crippen LogP contribution is -2.14. The molecule has 0 saturated heterocycles. The number of aryl methyl sites for hydroxylation is 3. The molecule has 0 spiro atoms. The van der Waals surface area contributed by atoms with E-state index in [0.29, 0.717) is 18.7 Å². The zero-order valence-electron chi connectivity index (χ0n) is 15.8. The first-order valence-electron chi connectivity index (χ1n) is 8.84. The van der Waals surface area contributed by atoms with Gasteiger partial charge in [-0.2, -0.15) is 5.10 Å². The first-order chi connectivity index (χ1) is 12.5. The summed E-state index contributed by atoms with van der Waals surface area (Å²) in [7, 11) is 0. The molecule has 0 amide bonds. The van der Waals surface area contributed by atoms with Crippen LogP contribution in [0.5, 0.6) is 0 Å². The highest BCUT2D eigenvalue weighted by Gasteiger charge is 2.17. The number of esters is 1. The summed E-state index contributed by atoms with van der Waals surface area (Å²) in [5, 5.41) is 4.38. The minimum Gasteiger partial charge on any atom is -0.460 e. The van der Waals surface area contributed by atoms with E-state index in [2.05, 4.69) is 21.8 Å². The predicted octanol–water partition coefficient (Wildman–Crippen LogP) is 3.82. The molecule has 0 aliphatic carbocycles. The quantitative estimate of drug-likeness (QED) is 0.634. The van der Waals surface area contributed by atoms with Crippen LogP contribution >= 0.6 is 0 Å². The van der Waals surface area contributed by atoms with E-state index in [4.69, 9.17) is 4.74 Å². The number of nitrogens with zero attached hydrogens (tertiary/aromatic N) is 3. The molecule has 0 saturated carbocycles. The van der Waals surface area contributed by atoms with Crippen LogP contribution < -0.4 is 0 Å². The van der Waals surface area contributed by atoms with E-state index in [0.717, 1.165) is 29.3 Å². The first kappa shape index (κ1) is 18.0. The fourth-order valence-corrected chi connectivity index (χ4v) is 3.22. The Kier molecular flexibility index (Phi) is 5.26. The van der Waals surface area contributed by atoms with E-state index in [-0.39, 0.29) is 5.97 Å². The fourth-order valence-electron chi connectivity index (χ4n) is 3.22. The van der Waals surface area contributed by atoms with Crippen molar-refractivity contribution in [2.75, 3.05) is 6.61 Å². The number of ether oxygens (including phenoxy) is 1. The summed E-state index contributed by atoms with van der Waals surface area (Å²) in [5.41, 5.74) is 5.86.